The van der Waals surface area contributed by atoms with Gasteiger partial charge < -0.3 is 0 Å². The molecule has 0 aliphatic heterocycles. The number of rotatable bonds is 4. The summed E-state index contributed by atoms with van der Waals surface area (Å²) in [6.45, 7) is 3.89. The van der Waals surface area contributed by atoms with Crippen LogP contribution >= 0.6 is 23.2 Å². The van der Waals surface area contributed by atoms with Crippen molar-refractivity contribution < 1.29 is 4.79 Å². The van der Waals surface area contributed by atoms with Gasteiger partial charge in [0.05, 0.1) is 10.6 Å². The average Bonchev–Trinajstić information content (AvgIpc) is 2.30. The molecule has 2 nitrogen and oxygen atoms in total. The summed E-state index contributed by atoms with van der Waals surface area (Å²) in [5.74, 6) is -0.00231. The fourth-order valence-electron chi connectivity index (χ4n) is 1.64. The second-order valence-corrected chi connectivity index (χ2v) is 5.32. The van der Waals surface area contributed by atoms with E-state index in [1.165, 1.54) is 0 Å². The van der Waals surface area contributed by atoms with Gasteiger partial charge in [-0.15, -0.1) is 0 Å². The van der Waals surface area contributed by atoms with Crippen LogP contribution in [0.1, 0.15) is 30.6 Å². The van der Waals surface area contributed by atoms with E-state index in [0.29, 0.717) is 22.0 Å². The third kappa shape index (κ3) is 2.82. The largest absolute Gasteiger partial charge is 0.297 e. The minimum atomic E-state index is -0.561. The van der Waals surface area contributed by atoms with Crippen LogP contribution in [0.25, 0.3) is 0 Å². The molecule has 0 saturated carbocycles. The predicted molar refractivity (Wildman–Crippen MR) is 73.2 cm³/mol. The van der Waals surface area contributed by atoms with E-state index in [9.17, 15) is 4.79 Å². The summed E-state index contributed by atoms with van der Waals surface area (Å²) in [6, 6.07) is 4.96. The molecule has 0 saturated heterocycles. The van der Waals surface area contributed by atoms with Crippen LogP contribution < -0.4 is 0 Å². The summed E-state index contributed by atoms with van der Waals surface area (Å²) < 4.78 is 0. The molecule has 94 valence electrons. The van der Waals surface area contributed by atoms with Gasteiger partial charge in [0.15, 0.2) is 5.78 Å². The van der Waals surface area contributed by atoms with Gasteiger partial charge in [0.25, 0.3) is 0 Å². The van der Waals surface area contributed by atoms with Crippen molar-refractivity contribution in [3.8, 4) is 0 Å². The van der Waals surface area contributed by atoms with Crippen molar-refractivity contribution in [3.63, 3.8) is 0 Å². The molecule has 1 rings (SSSR count). The zero-order valence-corrected chi connectivity index (χ0v) is 12.1. The first-order valence-corrected chi connectivity index (χ1v) is 6.25. The summed E-state index contributed by atoms with van der Waals surface area (Å²) in [7, 11) is 3.78. The molecule has 0 amide bonds. The Morgan fingerprint density at radius 3 is 2.41 bits per heavy atom. The number of carbonyl (C=O) groups is 1. The lowest BCUT2D eigenvalue weighted by Gasteiger charge is -2.34. The van der Waals surface area contributed by atoms with Gasteiger partial charge in [-0.1, -0.05) is 30.1 Å². The molecule has 1 atom stereocenters. The summed E-state index contributed by atoms with van der Waals surface area (Å²) >= 11 is 12.0. The van der Waals surface area contributed by atoms with E-state index in [0.717, 1.165) is 0 Å². The Labute approximate surface area is 113 Å². The van der Waals surface area contributed by atoms with E-state index < -0.39 is 5.54 Å². The summed E-state index contributed by atoms with van der Waals surface area (Å²) in [4.78, 5) is 14.4. The van der Waals surface area contributed by atoms with E-state index in [1.807, 2.05) is 32.8 Å². The lowest BCUT2D eigenvalue weighted by Crippen LogP contribution is -2.48. The standard InChI is InChI=1S/C13H17Cl2NO/c1-5-13(2,16(3)4)12(17)10-8-9(14)6-7-11(10)15/h6-8H,5H2,1-4H3. The number of hydrogen-bond acceptors (Lipinski definition) is 2. The van der Waals surface area contributed by atoms with Crippen LogP contribution in [0.2, 0.25) is 10.0 Å². The quantitative estimate of drug-likeness (QED) is 0.776. The van der Waals surface area contributed by atoms with Gasteiger partial charge in [-0.3, -0.25) is 9.69 Å². The van der Waals surface area contributed by atoms with E-state index in [2.05, 4.69) is 0 Å². The lowest BCUT2D eigenvalue weighted by atomic mass is 9.87. The predicted octanol–water partition coefficient (Wildman–Crippen LogP) is 3.91. The molecule has 0 bridgehead atoms. The fourth-order valence-corrected chi connectivity index (χ4v) is 2.02. The van der Waals surface area contributed by atoms with Crippen molar-refractivity contribution in [2.24, 2.45) is 0 Å². The van der Waals surface area contributed by atoms with Gasteiger partial charge in [0.1, 0.15) is 0 Å². The summed E-state index contributed by atoms with van der Waals surface area (Å²) in [5.41, 5.74) is -0.0777. The molecular formula is C13H17Cl2NO. The molecule has 0 N–H and O–H groups in total. The first-order valence-electron chi connectivity index (χ1n) is 5.50. The van der Waals surface area contributed by atoms with E-state index in [4.69, 9.17) is 23.2 Å². The Bertz CT molecular complexity index is 431. The third-order valence-corrected chi connectivity index (χ3v) is 3.90. The average molecular weight is 274 g/mol. The molecule has 0 spiro atoms. The van der Waals surface area contributed by atoms with Crippen molar-refractivity contribution in [3.05, 3.63) is 33.8 Å². The number of halogens is 2. The van der Waals surface area contributed by atoms with Crippen LogP contribution in [0.3, 0.4) is 0 Å². The molecule has 0 aliphatic rings. The smallest absolute Gasteiger partial charge is 0.184 e. The van der Waals surface area contributed by atoms with Gasteiger partial charge in [0.2, 0.25) is 0 Å². The fraction of sp³-hybridized carbons (Fsp3) is 0.462. The number of benzene rings is 1. The maximum Gasteiger partial charge on any atom is 0.184 e. The normalized spacial score (nSPS) is 14.8. The van der Waals surface area contributed by atoms with Crippen molar-refractivity contribution >= 4 is 29.0 Å². The molecule has 1 aromatic carbocycles. The van der Waals surface area contributed by atoms with Crippen molar-refractivity contribution in [2.75, 3.05) is 14.1 Å². The lowest BCUT2D eigenvalue weighted by molar-refractivity contribution is 0.0711. The maximum absolute atomic E-state index is 12.5. The van der Waals surface area contributed by atoms with Gasteiger partial charge >= 0.3 is 0 Å². The molecule has 1 unspecified atom stereocenters. The van der Waals surface area contributed by atoms with Crippen LogP contribution in [0.5, 0.6) is 0 Å². The van der Waals surface area contributed by atoms with E-state index in [-0.39, 0.29) is 5.78 Å². The molecule has 0 fully saturated rings. The highest BCUT2D eigenvalue weighted by molar-refractivity contribution is 6.36. The highest BCUT2D eigenvalue weighted by Gasteiger charge is 2.35. The molecule has 0 aliphatic carbocycles. The Kier molecular flexibility index (Phi) is 4.59. The number of ketones is 1. The van der Waals surface area contributed by atoms with Crippen molar-refractivity contribution in [2.45, 2.75) is 25.8 Å². The number of hydrogen-bond donors (Lipinski definition) is 0. The molecule has 0 radical (unpaired) electrons. The second-order valence-electron chi connectivity index (χ2n) is 4.48. The maximum atomic E-state index is 12.5. The number of carbonyl (C=O) groups excluding carboxylic acids is 1. The van der Waals surface area contributed by atoms with Crippen LogP contribution in [-0.2, 0) is 0 Å². The molecule has 17 heavy (non-hydrogen) atoms. The number of nitrogens with zero attached hydrogens (tertiary/aromatic N) is 1. The topological polar surface area (TPSA) is 20.3 Å². The summed E-state index contributed by atoms with van der Waals surface area (Å²) in [5, 5.41) is 0.968. The summed E-state index contributed by atoms with van der Waals surface area (Å²) in [6.07, 6.45) is 0.710. The monoisotopic (exact) mass is 273 g/mol. The Morgan fingerprint density at radius 2 is 1.94 bits per heavy atom. The molecule has 0 heterocycles. The zero-order valence-electron chi connectivity index (χ0n) is 10.6. The Morgan fingerprint density at radius 1 is 1.35 bits per heavy atom. The van der Waals surface area contributed by atoms with Crippen LogP contribution in [-0.4, -0.2) is 30.3 Å². The molecule has 0 aromatic heterocycles. The first kappa shape index (κ1) is 14.5. The van der Waals surface area contributed by atoms with Crippen molar-refractivity contribution in [1.82, 2.24) is 4.90 Å². The van der Waals surface area contributed by atoms with Crippen LogP contribution in [0.4, 0.5) is 0 Å². The SMILES string of the molecule is CCC(C)(C(=O)c1cc(Cl)ccc1Cl)N(C)C. The van der Waals surface area contributed by atoms with Gasteiger partial charge in [-0.25, -0.2) is 0 Å². The van der Waals surface area contributed by atoms with Crippen LogP contribution in [0.15, 0.2) is 18.2 Å². The highest BCUT2D eigenvalue weighted by Crippen LogP contribution is 2.28. The number of Topliss-reactive ketones (excluding diaryl/α,β-unsaturated/α-hetero) is 1. The zero-order chi connectivity index (χ0) is 13.2. The van der Waals surface area contributed by atoms with E-state index >= 15 is 0 Å². The van der Waals surface area contributed by atoms with Crippen molar-refractivity contribution in [1.29, 1.82) is 0 Å². The van der Waals surface area contributed by atoms with Gasteiger partial charge in [-0.05, 0) is 45.6 Å². The first-order chi connectivity index (χ1) is 7.82. The Hall–Kier alpha value is -0.570. The van der Waals surface area contributed by atoms with E-state index in [1.54, 1.807) is 18.2 Å². The van der Waals surface area contributed by atoms with Crippen LogP contribution in [0, 0.1) is 0 Å². The molecule has 1 aromatic rings. The molecular weight excluding hydrogens is 257 g/mol. The third-order valence-electron chi connectivity index (χ3n) is 3.34. The van der Waals surface area contributed by atoms with Gasteiger partial charge in [0, 0.05) is 10.6 Å². The highest BCUT2D eigenvalue weighted by atomic mass is 35.5. The number of likely N-dealkylation sites (N-methyl/N-ethyl adjacent to an activating group) is 1. The van der Waals surface area contributed by atoms with Gasteiger partial charge in [-0.2, -0.15) is 0 Å². The Balaban J connectivity index is 3.24. The molecule has 4 heteroatoms. The minimum Gasteiger partial charge on any atom is -0.297 e. The second kappa shape index (κ2) is 5.38. The minimum absolute atomic E-state index is 0.00231.